The number of ether oxygens (including phenoxy) is 4. The second-order valence-corrected chi connectivity index (χ2v) is 9.24. The Morgan fingerprint density at radius 2 is 1.51 bits per heavy atom. The molecule has 8 heteroatoms. The molecule has 1 amide bonds. The molecular formula is C27H41N3O5. The van der Waals surface area contributed by atoms with Crippen molar-refractivity contribution in [2.24, 2.45) is 0 Å². The number of nitrogens with one attached hydrogen (secondary N) is 2. The molecule has 0 unspecified atom stereocenters. The first-order chi connectivity index (χ1) is 16.8. The molecule has 0 heterocycles. The van der Waals surface area contributed by atoms with E-state index in [0.29, 0.717) is 26.3 Å². The average molecular weight is 488 g/mol. The standard InChI is InChI=1S/C27H41N3O5/c1-27(2,3)35-26(31)29-25(20-28-19-21-7-13-24(34-6)14-8-21)22-9-11-23(12-10-22)30(15-17-32-4)16-18-33-5/h7-14,25,28H,15-20H2,1-6H3,(H,29,31)/t25-/m1/s1. The van der Waals surface area contributed by atoms with Gasteiger partial charge in [0.25, 0.3) is 0 Å². The molecule has 0 saturated carbocycles. The predicted molar refractivity (Wildman–Crippen MR) is 139 cm³/mol. The largest absolute Gasteiger partial charge is 0.497 e. The molecular weight excluding hydrogens is 446 g/mol. The summed E-state index contributed by atoms with van der Waals surface area (Å²) in [5.74, 6) is 0.823. The van der Waals surface area contributed by atoms with E-state index in [2.05, 4.69) is 27.7 Å². The Morgan fingerprint density at radius 3 is 2.03 bits per heavy atom. The number of benzene rings is 2. The molecule has 2 rings (SSSR count). The monoisotopic (exact) mass is 487 g/mol. The zero-order valence-corrected chi connectivity index (χ0v) is 21.9. The van der Waals surface area contributed by atoms with Crippen molar-refractivity contribution in [1.29, 1.82) is 0 Å². The summed E-state index contributed by atoms with van der Waals surface area (Å²) in [5.41, 5.74) is 2.62. The van der Waals surface area contributed by atoms with E-state index in [1.54, 1.807) is 21.3 Å². The van der Waals surface area contributed by atoms with Crippen molar-refractivity contribution in [3.8, 4) is 5.75 Å². The number of hydrogen-bond acceptors (Lipinski definition) is 7. The van der Waals surface area contributed by atoms with E-state index in [9.17, 15) is 4.79 Å². The smallest absolute Gasteiger partial charge is 0.408 e. The fourth-order valence-corrected chi connectivity index (χ4v) is 3.50. The summed E-state index contributed by atoms with van der Waals surface area (Å²) in [4.78, 5) is 14.8. The molecule has 0 spiro atoms. The zero-order chi connectivity index (χ0) is 25.7. The van der Waals surface area contributed by atoms with Gasteiger partial charge in [0.05, 0.1) is 26.4 Å². The van der Waals surface area contributed by atoms with Crippen molar-refractivity contribution >= 4 is 11.8 Å². The first kappa shape index (κ1) is 28.4. The molecule has 0 radical (unpaired) electrons. The maximum Gasteiger partial charge on any atom is 0.408 e. The number of carbonyl (C=O) groups excluding carboxylic acids is 1. The number of alkyl carbamates (subject to hydrolysis) is 1. The van der Waals surface area contributed by atoms with Crippen LogP contribution >= 0.6 is 0 Å². The lowest BCUT2D eigenvalue weighted by molar-refractivity contribution is 0.0503. The van der Waals surface area contributed by atoms with E-state index in [0.717, 1.165) is 35.7 Å². The second-order valence-electron chi connectivity index (χ2n) is 9.24. The Balaban J connectivity index is 2.11. The van der Waals surface area contributed by atoms with Crippen LogP contribution in [0, 0.1) is 0 Å². The second kappa shape index (κ2) is 14.6. The van der Waals surface area contributed by atoms with Crippen LogP contribution in [0.2, 0.25) is 0 Å². The van der Waals surface area contributed by atoms with Gasteiger partial charge in [-0.1, -0.05) is 24.3 Å². The van der Waals surface area contributed by atoms with Gasteiger partial charge in [0.1, 0.15) is 11.4 Å². The highest BCUT2D eigenvalue weighted by Gasteiger charge is 2.21. The Kier molecular flexibility index (Phi) is 11.8. The molecule has 2 N–H and O–H groups in total. The lowest BCUT2D eigenvalue weighted by atomic mass is 10.1. The number of hydrogen-bond donors (Lipinski definition) is 2. The van der Waals surface area contributed by atoms with Crippen LogP contribution in [-0.2, 0) is 20.8 Å². The molecule has 0 fully saturated rings. The van der Waals surface area contributed by atoms with E-state index >= 15 is 0 Å². The van der Waals surface area contributed by atoms with Gasteiger partial charge in [-0.25, -0.2) is 4.79 Å². The SMILES string of the molecule is COCCN(CCOC)c1ccc([C@@H](CNCc2ccc(OC)cc2)NC(=O)OC(C)(C)C)cc1. The Morgan fingerprint density at radius 1 is 0.914 bits per heavy atom. The number of nitrogens with zero attached hydrogens (tertiary/aromatic N) is 1. The first-order valence-corrected chi connectivity index (χ1v) is 11.9. The number of rotatable bonds is 14. The molecule has 2 aromatic carbocycles. The van der Waals surface area contributed by atoms with Crippen molar-refractivity contribution in [1.82, 2.24) is 10.6 Å². The van der Waals surface area contributed by atoms with Crippen LogP contribution in [0.15, 0.2) is 48.5 Å². The first-order valence-electron chi connectivity index (χ1n) is 11.9. The maximum atomic E-state index is 12.5. The quantitative estimate of drug-likeness (QED) is 0.414. The predicted octanol–water partition coefficient (Wildman–Crippen LogP) is 4.15. The van der Waals surface area contributed by atoms with Crippen LogP contribution in [0.5, 0.6) is 5.75 Å². The molecule has 0 bridgehead atoms. The van der Waals surface area contributed by atoms with E-state index in [1.165, 1.54) is 0 Å². The van der Waals surface area contributed by atoms with Crippen LogP contribution in [0.3, 0.4) is 0 Å². The van der Waals surface area contributed by atoms with Gasteiger partial charge in [0, 0.05) is 46.1 Å². The number of amides is 1. The topological polar surface area (TPSA) is 81.3 Å². The lowest BCUT2D eigenvalue weighted by Gasteiger charge is -2.26. The molecule has 1 atom stereocenters. The van der Waals surface area contributed by atoms with E-state index in [1.807, 2.05) is 57.2 Å². The lowest BCUT2D eigenvalue weighted by Crippen LogP contribution is -2.39. The van der Waals surface area contributed by atoms with Gasteiger partial charge >= 0.3 is 6.09 Å². The summed E-state index contributed by atoms with van der Waals surface area (Å²) in [6, 6.07) is 15.9. The van der Waals surface area contributed by atoms with Gasteiger partial charge in [0.2, 0.25) is 0 Å². The van der Waals surface area contributed by atoms with E-state index in [-0.39, 0.29) is 6.04 Å². The molecule has 0 aliphatic rings. The van der Waals surface area contributed by atoms with Gasteiger partial charge < -0.3 is 34.5 Å². The fourth-order valence-electron chi connectivity index (χ4n) is 3.50. The maximum absolute atomic E-state index is 12.5. The zero-order valence-electron chi connectivity index (χ0n) is 21.9. The third-order valence-electron chi connectivity index (χ3n) is 5.32. The summed E-state index contributed by atoms with van der Waals surface area (Å²) in [6.45, 7) is 9.56. The van der Waals surface area contributed by atoms with Gasteiger partial charge in [-0.15, -0.1) is 0 Å². The van der Waals surface area contributed by atoms with Gasteiger partial charge in [-0.3, -0.25) is 0 Å². The van der Waals surface area contributed by atoms with Gasteiger partial charge in [0.15, 0.2) is 0 Å². The highest BCUT2D eigenvalue weighted by atomic mass is 16.6. The van der Waals surface area contributed by atoms with Crippen molar-refractivity contribution in [3.63, 3.8) is 0 Å². The average Bonchev–Trinajstić information content (AvgIpc) is 2.83. The molecule has 0 aromatic heterocycles. The van der Waals surface area contributed by atoms with Gasteiger partial charge in [-0.2, -0.15) is 0 Å². The van der Waals surface area contributed by atoms with Gasteiger partial charge in [-0.05, 0) is 56.2 Å². The van der Waals surface area contributed by atoms with Crippen molar-refractivity contribution in [3.05, 3.63) is 59.7 Å². The summed E-state index contributed by atoms with van der Waals surface area (Å²) < 4.78 is 21.2. The summed E-state index contributed by atoms with van der Waals surface area (Å²) in [6.07, 6.45) is -0.445. The minimum Gasteiger partial charge on any atom is -0.497 e. The summed E-state index contributed by atoms with van der Waals surface area (Å²) in [7, 11) is 5.05. The normalized spacial score (nSPS) is 12.2. The third kappa shape index (κ3) is 10.5. The highest BCUT2D eigenvalue weighted by molar-refractivity contribution is 5.68. The van der Waals surface area contributed by atoms with Crippen molar-refractivity contribution in [2.45, 2.75) is 39.0 Å². The highest BCUT2D eigenvalue weighted by Crippen LogP contribution is 2.20. The summed E-state index contributed by atoms with van der Waals surface area (Å²) >= 11 is 0. The minimum atomic E-state index is -0.571. The van der Waals surface area contributed by atoms with Crippen LogP contribution in [0.25, 0.3) is 0 Å². The Labute approximate surface area is 209 Å². The number of methoxy groups -OCH3 is 3. The molecule has 2 aromatic rings. The summed E-state index contributed by atoms with van der Waals surface area (Å²) in [5, 5.41) is 6.46. The van der Waals surface area contributed by atoms with Crippen LogP contribution < -0.4 is 20.3 Å². The molecule has 0 aliphatic carbocycles. The molecule has 35 heavy (non-hydrogen) atoms. The minimum absolute atomic E-state index is 0.261. The molecule has 8 nitrogen and oxygen atoms in total. The van der Waals surface area contributed by atoms with E-state index < -0.39 is 11.7 Å². The van der Waals surface area contributed by atoms with Crippen molar-refractivity contribution < 1.29 is 23.7 Å². The Bertz CT molecular complexity index is 858. The fraction of sp³-hybridized carbons (Fsp3) is 0.519. The number of anilines is 1. The van der Waals surface area contributed by atoms with E-state index in [4.69, 9.17) is 18.9 Å². The third-order valence-corrected chi connectivity index (χ3v) is 5.32. The van der Waals surface area contributed by atoms with Crippen molar-refractivity contribution in [2.75, 3.05) is 59.1 Å². The van der Waals surface area contributed by atoms with Crippen LogP contribution in [0.4, 0.5) is 10.5 Å². The molecule has 0 aliphatic heterocycles. The number of carbonyl (C=O) groups is 1. The van der Waals surface area contributed by atoms with Crippen LogP contribution in [-0.4, -0.2) is 65.9 Å². The molecule has 194 valence electrons. The van der Waals surface area contributed by atoms with Crippen LogP contribution in [0.1, 0.15) is 37.9 Å². The molecule has 0 saturated heterocycles. The Hall–Kier alpha value is -2.81.